The van der Waals surface area contributed by atoms with Gasteiger partial charge in [-0.3, -0.25) is 14.4 Å². The maximum Gasteiger partial charge on any atom is 0.306 e. The van der Waals surface area contributed by atoms with Crippen LogP contribution in [0.2, 0.25) is 0 Å². The maximum absolute atomic E-state index is 12.9. The van der Waals surface area contributed by atoms with Gasteiger partial charge in [0.15, 0.2) is 6.10 Å². The van der Waals surface area contributed by atoms with E-state index in [4.69, 9.17) is 14.2 Å². The monoisotopic (exact) mass is 1110 g/mol. The SMILES string of the molecule is CC/C=C\C/C=C\C/C=C\C/C=C\C/C=C\CCCC(=O)OC(COC(=O)CCCCCCCCCCCCCCCCCC)COC(=O)CCCCCCCCCCCCCCCCCC/C=C\C/C=C\C/C=C\C/C=C\CC. The summed E-state index contributed by atoms with van der Waals surface area (Å²) in [5.41, 5.74) is 0. The van der Waals surface area contributed by atoms with Gasteiger partial charge in [0, 0.05) is 19.3 Å². The molecule has 0 spiro atoms. The largest absolute Gasteiger partial charge is 0.462 e. The molecular weight excluding hydrogens is 985 g/mol. The molecule has 6 heteroatoms. The number of ether oxygens (including phenoxy) is 3. The van der Waals surface area contributed by atoms with Crippen molar-refractivity contribution in [3.63, 3.8) is 0 Å². The van der Waals surface area contributed by atoms with E-state index in [9.17, 15) is 14.4 Å². The van der Waals surface area contributed by atoms with Crippen molar-refractivity contribution in [3.8, 4) is 0 Å². The molecule has 0 aromatic carbocycles. The van der Waals surface area contributed by atoms with E-state index in [1.807, 2.05) is 0 Å². The van der Waals surface area contributed by atoms with Gasteiger partial charge in [-0.05, 0) is 96.3 Å². The van der Waals surface area contributed by atoms with Gasteiger partial charge in [-0.25, -0.2) is 0 Å². The minimum Gasteiger partial charge on any atom is -0.462 e. The number of hydrogen-bond acceptors (Lipinski definition) is 6. The van der Waals surface area contributed by atoms with Crippen LogP contribution in [0.5, 0.6) is 0 Å². The number of hydrogen-bond donors (Lipinski definition) is 0. The molecular formula is C74H126O6. The summed E-state index contributed by atoms with van der Waals surface area (Å²) in [6.07, 6.45) is 92.6. The van der Waals surface area contributed by atoms with Gasteiger partial charge in [0.1, 0.15) is 13.2 Å². The van der Waals surface area contributed by atoms with Crippen molar-refractivity contribution in [2.24, 2.45) is 0 Å². The third-order valence-corrected chi connectivity index (χ3v) is 14.5. The summed E-state index contributed by atoms with van der Waals surface area (Å²) in [5, 5.41) is 0. The van der Waals surface area contributed by atoms with E-state index in [1.54, 1.807) is 0 Å². The average Bonchev–Trinajstić information content (AvgIpc) is 3.46. The first-order valence-corrected chi connectivity index (χ1v) is 33.9. The van der Waals surface area contributed by atoms with Crippen LogP contribution in [-0.4, -0.2) is 37.2 Å². The molecule has 0 bridgehead atoms. The Hall–Kier alpha value is -3.93. The van der Waals surface area contributed by atoms with E-state index in [1.165, 1.54) is 173 Å². The third kappa shape index (κ3) is 64.9. The van der Waals surface area contributed by atoms with Gasteiger partial charge in [-0.1, -0.05) is 316 Å². The summed E-state index contributed by atoms with van der Waals surface area (Å²) in [4.78, 5) is 38.4. The molecule has 0 aromatic heterocycles. The predicted molar refractivity (Wildman–Crippen MR) is 348 cm³/mol. The predicted octanol–water partition coefficient (Wildman–Crippen LogP) is 23.4. The Kier molecular flexibility index (Phi) is 64.3. The number of allylic oxidation sites excluding steroid dienone is 18. The summed E-state index contributed by atoms with van der Waals surface area (Å²) < 4.78 is 16.9. The summed E-state index contributed by atoms with van der Waals surface area (Å²) in [6.45, 7) is 6.40. The molecule has 0 rings (SSSR count). The molecule has 0 aliphatic carbocycles. The second-order valence-corrected chi connectivity index (χ2v) is 22.3. The minimum atomic E-state index is -0.808. The van der Waals surface area contributed by atoms with Crippen LogP contribution in [0.4, 0.5) is 0 Å². The number of carbonyl (C=O) groups is 3. The van der Waals surface area contributed by atoms with Crippen LogP contribution in [0, 0.1) is 0 Å². The Morgan fingerprint density at radius 1 is 0.263 bits per heavy atom. The van der Waals surface area contributed by atoms with Crippen LogP contribution in [0.1, 0.15) is 323 Å². The number of esters is 3. The fourth-order valence-corrected chi connectivity index (χ4v) is 9.53. The highest BCUT2D eigenvalue weighted by molar-refractivity contribution is 5.71. The van der Waals surface area contributed by atoms with Gasteiger partial charge >= 0.3 is 17.9 Å². The van der Waals surface area contributed by atoms with E-state index >= 15 is 0 Å². The smallest absolute Gasteiger partial charge is 0.306 e. The van der Waals surface area contributed by atoms with E-state index in [-0.39, 0.29) is 37.5 Å². The molecule has 0 heterocycles. The van der Waals surface area contributed by atoms with E-state index < -0.39 is 6.10 Å². The first kappa shape index (κ1) is 76.1. The third-order valence-electron chi connectivity index (χ3n) is 14.5. The van der Waals surface area contributed by atoms with E-state index in [0.717, 1.165) is 103 Å². The van der Waals surface area contributed by atoms with Gasteiger partial charge < -0.3 is 14.2 Å². The number of rotatable bonds is 61. The second kappa shape index (κ2) is 67.6. The Balaban J connectivity index is 4.31. The Morgan fingerprint density at radius 3 is 0.800 bits per heavy atom. The van der Waals surface area contributed by atoms with E-state index in [0.29, 0.717) is 19.3 Å². The molecule has 0 N–H and O–H groups in total. The normalized spacial score (nSPS) is 12.8. The average molecular weight is 1110 g/mol. The summed E-state index contributed by atoms with van der Waals surface area (Å²) in [7, 11) is 0. The summed E-state index contributed by atoms with van der Waals surface area (Å²) in [5.74, 6) is -0.942. The highest BCUT2D eigenvalue weighted by Gasteiger charge is 2.19. The fourth-order valence-electron chi connectivity index (χ4n) is 9.53. The standard InChI is InChI=1S/C74H126O6/c1-4-7-10-13-16-19-22-25-28-31-32-33-34-35-36-37-38-39-40-41-42-44-46-49-52-55-58-61-64-67-73(76)79-70-71(69-78-72(75)66-63-60-57-54-51-48-45-30-27-24-21-18-15-12-9-6-3)80-74(77)68-65-62-59-56-53-50-47-43-29-26-23-20-17-14-11-8-5-2/h7-8,10-11,16-17,19-20,25-26,28-29,32-33,47,50,56,59,71H,4-6,9,12-15,18,21-24,27,30-31,34-46,48-49,51-55,57-58,60-70H2,1-3H3/b10-7-,11-8-,19-16-,20-17-,28-25-,29-26-,33-32-,50-47-,59-56-. The molecule has 1 unspecified atom stereocenters. The summed E-state index contributed by atoms with van der Waals surface area (Å²) >= 11 is 0. The molecule has 0 fully saturated rings. The van der Waals surface area contributed by atoms with Crippen molar-refractivity contribution in [2.75, 3.05) is 13.2 Å². The van der Waals surface area contributed by atoms with E-state index in [2.05, 4.69) is 130 Å². The van der Waals surface area contributed by atoms with Gasteiger partial charge in [0.25, 0.3) is 0 Å². The molecule has 80 heavy (non-hydrogen) atoms. The first-order valence-electron chi connectivity index (χ1n) is 33.9. The topological polar surface area (TPSA) is 78.9 Å². The lowest BCUT2D eigenvalue weighted by Gasteiger charge is -2.18. The van der Waals surface area contributed by atoms with Crippen LogP contribution in [0.15, 0.2) is 109 Å². The molecule has 0 saturated carbocycles. The maximum atomic E-state index is 12.9. The van der Waals surface area contributed by atoms with Crippen molar-refractivity contribution in [1.82, 2.24) is 0 Å². The Morgan fingerprint density at radius 2 is 0.500 bits per heavy atom. The molecule has 1 atom stereocenters. The van der Waals surface area contributed by atoms with Crippen LogP contribution in [-0.2, 0) is 28.6 Å². The molecule has 0 aliphatic rings. The van der Waals surface area contributed by atoms with Crippen molar-refractivity contribution in [3.05, 3.63) is 109 Å². The van der Waals surface area contributed by atoms with Crippen LogP contribution in [0.3, 0.4) is 0 Å². The lowest BCUT2D eigenvalue weighted by atomic mass is 10.0. The molecule has 0 saturated heterocycles. The zero-order valence-corrected chi connectivity index (χ0v) is 52.6. The number of unbranched alkanes of at least 4 members (excludes halogenated alkanes) is 32. The van der Waals surface area contributed by atoms with Gasteiger partial charge in [0.2, 0.25) is 0 Å². The Bertz CT molecular complexity index is 1610. The summed E-state index contributed by atoms with van der Waals surface area (Å²) in [6, 6.07) is 0. The quantitative estimate of drug-likeness (QED) is 0.0261. The second-order valence-electron chi connectivity index (χ2n) is 22.3. The van der Waals surface area contributed by atoms with Crippen molar-refractivity contribution >= 4 is 17.9 Å². The molecule has 0 aliphatic heterocycles. The van der Waals surface area contributed by atoms with Gasteiger partial charge in [-0.2, -0.15) is 0 Å². The zero-order valence-electron chi connectivity index (χ0n) is 52.6. The molecule has 0 aromatic rings. The lowest BCUT2D eigenvalue weighted by Crippen LogP contribution is -2.30. The fraction of sp³-hybridized carbons (Fsp3) is 0.716. The van der Waals surface area contributed by atoms with Crippen LogP contribution >= 0.6 is 0 Å². The highest BCUT2D eigenvalue weighted by atomic mass is 16.6. The van der Waals surface area contributed by atoms with Crippen molar-refractivity contribution < 1.29 is 28.6 Å². The van der Waals surface area contributed by atoms with Gasteiger partial charge in [0.05, 0.1) is 0 Å². The zero-order chi connectivity index (χ0) is 57.8. The molecule has 0 amide bonds. The van der Waals surface area contributed by atoms with Crippen LogP contribution in [0.25, 0.3) is 0 Å². The van der Waals surface area contributed by atoms with Crippen molar-refractivity contribution in [2.45, 2.75) is 329 Å². The highest BCUT2D eigenvalue weighted by Crippen LogP contribution is 2.17. The van der Waals surface area contributed by atoms with Gasteiger partial charge in [-0.15, -0.1) is 0 Å². The Labute approximate surface area is 495 Å². The van der Waals surface area contributed by atoms with Crippen molar-refractivity contribution in [1.29, 1.82) is 0 Å². The van der Waals surface area contributed by atoms with Crippen LogP contribution < -0.4 is 0 Å². The first-order chi connectivity index (χ1) is 39.5. The lowest BCUT2D eigenvalue weighted by molar-refractivity contribution is -0.167. The molecule has 0 radical (unpaired) electrons. The minimum absolute atomic E-state index is 0.0971. The molecule has 6 nitrogen and oxygen atoms in total. The number of carbonyl (C=O) groups excluding carboxylic acids is 3. The molecule has 458 valence electrons.